The molecule has 0 aliphatic heterocycles. The molecule has 106 valence electrons. The first-order valence-corrected chi connectivity index (χ1v) is 7.00. The van der Waals surface area contributed by atoms with Crippen LogP contribution in [0.2, 0.25) is 5.02 Å². The van der Waals surface area contributed by atoms with Gasteiger partial charge in [-0.3, -0.25) is 4.98 Å². The highest BCUT2D eigenvalue weighted by atomic mass is 35.5. The Morgan fingerprint density at radius 2 is 2.00 bits per heavy atom. The van der Waals surface area contributed by atoms with Gasteiger partial charge in [0, 0.05) is 22.2 Å². The maximum absolute atomic E-state index is 9.15. The Hall–Kier alpha value is -2.10. The van der Waals surface area contributed by atoms with Crippen LogP contribution in [-0.2, 0) is 13.2 Å². The van der Waals surface area contributed by atoms with Gasteiger partial charge in [-0.25, -0.2) is 0 Å². The van der Waals surface area contributed by atoms with Crippen LogP contribution in [0, 0.1) is 0 Å². The zero-order chi connectivity index (χ0) is 14.7. The number of ether oxygens (including phenoxy) is 1. The molecule has 0 saturated carbocycles. The molecule has 3 aromatic rings. The van der Waals surface area contributed by atoms with Crippen molar-refractivity contribution in [2.45, 2.75) is 13.2 Å². The van der Waals surface area contributed by atoms with Gasteiger partial charge in [0.15, 0.2) is 0 Å². The van der Waals surface area contributed by atoms with E-state index in [4.69, 9.17) is 21.4 Å². The predicted molar refractivity (Wildman–Crippen MR) is 83.4 cm³/mol. The van der Waals surface area contributed by atoms with Gasteiger partial charge >= 0.3 is 0 Å². The lowest BCUT2D eigenvalue weighted by Gasteiger charge is -2.11. The second-order valence-electron chi connectivity index (χ2n) is 4.70. The number of rotatable bonds is 4. The topological polar surface area (TPSA) is 42.4 Å². The maximum Gasteiger partial charge on any atom is 0.120 e. The molecule has 1 aromatic heterocycles. The fourth-order valence-electron chi connectivity index (χ4n) is 2.21. The summed E-state index contributed by atoms with van der Waals surface area (Å²) in [6.45, 7) is 0.329. The monoisotopic (exact) mass is 299 g/mol. The highest BCUT2D eigenvalue weighted by Gasteiger charge is 2.08. The summed E-state index contributed by atoms with van der Waals surface area (Å²) in [5.41, 5.74) is 2.53. The minimum absolute atomic E-state index is 0.00617. The van der Waals surface area contributed by atoms with Crippen LogP contribution in [0.4, 0.5) is 0 Å². The van der Waals surface area contributed by atoms with Crippen LogP contribution in [0.15, 0.2) is 54.7 Å². The molecule has 0 bridgehead atoms. The molecule has 0 unspecified atom stereocenters. The molecule has 0 fully saturated rings. The Morgan fingerprint density at radius 3 is 2.86 bits per heavy atom. The van der Waals surface area contributed by atoms with Crippen molar-refractivity contribution in [2.75, 3.05) is 0 Å². The van der Waals surface area contributed by atoms with E-state index < -0.39 is 0 Å². The largest absolute Gasteiger partial charge is 0.489 e. The zero-order valence-electron chi connectivity index (χ0n) is 11.3. The van der Waals surface area contributed by atoms with Gasteiger partial charge < -0.3 is 9.84 Å². The zero-order valence-corrected chi connectivity index (χ0v) is 12.0. The van der Waals surface area contributed by atoms with Crippen molar-refractivity contribution >= 4 is 22.5 Å². The lowest BCUT2D eigenvalue weighted by Crippen LogP contribution is -1.99. The minimum atomic E-state index is -0.00617. The summed E-state index contributed by atoms with van der Waals surface area (Å²) in [7, 11) is 0. The number of aromatic nitrogens is 1. The Kier molecular flexibility index (Phi) is 4.04. The molecule has 1 N–H and O–H groups in total. The molecule has 1 heterocycles. The number of aliphatic hydroxyl groups is 1. The lowest BCUT2D eigenvalue weighted by molar-refractivity contribution is 0.278. The minimum Gasteiger partial charge on any atom is -0.489 e. The van der Waals surface area contributed by atoms with Crippen LogP contribution in [0.3, 0.4) is 0 Å². The molecule has 2 aromatic carbocycles. The summed E-state index contributed by atoms with van der Waals surface area (Å²) < 4.78 is 5.79. The van der Waals surface area contributed by atoms with Crippen LogP contribution < -0.4 is 4.74 Å². The van der Waals surface area contributed by atoms with E-state index in [9.17, 15) is 0 Å². The average molecular weight is 300 g/mol. The molecule has 3 rings (SSSR count). The molecule has 0 aliphatic rings. The average Bonchev–Trinajstić information content (AvgIpc) is 2.54. The van der Waals surface area contributed by atoms with Crippen LogP contribution in [-0.4, -0.2) is 10.1 Å². The van der Waals surface area contributed by atoms with Gasteiger partial charge in [0.1, 0.15) is 12.4 Å². The van der Waals surface area contributed by atoms with E-state index in [0.29, 0.717) is 17.4 Å². The van der Waals surface area contributed by atoms with E-state index in [1.54, 1.807) is 6.20 Å². The standard InChI is InChI=1S/C17H14ClNO2/c18-16-7-6-13-4-2-8-19-17(13)15(16)11-21-14-5-1-3-12(9-14)10-20/h1-9,20H,10-11H2. The number of pyridine rings is 1. The third-order valence-corrected chi connectivity index (χ3v) is 3.64. The first kappa shape index (κ1) is 13.9. The first-order valence-electron chi connectivity index (χ1n) is 6.62. The molecule has 3 nitrogen and oxygen atoms in total. The summed E-state index contributed by atoms with van der Waals surface area (Å²) in [6.07, 6.45) is 1.74. The van der Waals surface area contributed by atoms with Crippen molar-refractivity contribution in [3.05, 3.63) is 70.9 Å². The number of halogens is 1. The van der Waals surface area contributed by atoms with E-state index in [2.05, 4.69) is 4.98 Å². The third-order valence-electron chi connectivity index (χ3n) is 3.29. The van der Waals surface area contributed by atoms with Gasteiger partial charge in [-0.05, 0) is 29.8 Å². The normalized spacial score (nSPS) is 10.8. The number of hydrogen-bond donors (Lipinski definition) is 1. The van der Waals surface area contributed by atoms with E-state index in [1.165, 1.54) is 0 Å². The molecule has 0 amide bonds. The fourth-order valence-corrected chi connectivity index (χ4v) is 2.41. The molecule has 4 heteroatoms. The van der Waals surface area contributed by atoms with Gasteiger partial charge in [0.05, 0.1) is 12.1 Å². The number of aliphatic hydroxyl groups excluding tert-OH is 1. The lowest BCUT2D eigenvalue weighted by atomic mass is 10.1. The second-order valence-corrected chi connectivity index (χ2v) is 5.10. The van der Waals surface area contributed by atoms with Crippen LogP contribution in [0.25, 0.3) is 10.9 Å². The number of nitrogens with zero attached hydrogens (tertiary/aromatic N) is 1. The van der Waals surface area contributed by atoms with Crippen molar-refractivity contribution in [3.63, 3.8) is 0 Å². The fraction of sp³-hybridized carbons (Fsp3) is 0.118. The number of hydrogen-bond acceptors (Lipinski definition) is 3. The van der Waals surface area contributed by atoms with Crippen molar-refractivity contribution < 1.29 is 9.84 Å². The van der Waals surface area contributed by atoms with E-state index in [-0.39, 0.29) is 6.61 Å². The van der Waals surface area contributed by atoms with Gasteiger partial charge in [-0.1, -0.05) is 35.9 Å². The van der Waals surface area contributed by atoms with Crippen LogP contribution in [0.5, 0.6) is 5.75 Å². The predicted octanol–water partition coefficient (Wildman–Crippen LogP) is 3.96. The molecular formula is C17H14ClNO2. The summed E-state index contributed by atoms with van der Waals surface area (Å²) in [6, 6.07) is 15.1. The smallest absolute Gasteiger partial charge is 0.120 e. The van der Waals surface area contributed by atoms with Crippen LogP contribution >= 0.6 is 11.6 Å². The summed E-state index contributed by atoms with van der Waals surface area (Å²) in [5.74, 6) is 0.700. The molecule has 0 saturated heterocycles. The first-order chi connectivity index (χ1) is 10.3. The Labute approximate surface area is 127 Å². The van der Waals surface area contributed by atoms with Gasteiger partial charge in [-0.15, -0.1) is 0 Å². The van der Waals surface area contributed by atoms with Gasteiger partial charge in [-0.2, -0.15) is 0 Å². The number of fused-ring (bicyclic) bond motifs is 1. The Bertz CT molecular complexity index is 774. The van der Waals surface area contributed by atoms with E-state index in [1.807, 2.05) is 48.5 Å². The van der Waals surface area contributed by atoms with Crippen molar-refractivity contribution in [1.29, 1.82) is 0 Å². The van der Waals surface area contributed by atoms with Crippen molar-refractivity contribution in [3.8, 4) is 5.75 Å². The molecule has 0 spiro atoms. The van der Waals surface area contributed by atoms with Gasteiger partial charge in [0.2, 0.25) is 0 Å². The quantitative estimate of drug-likeness (QED) is 0.793. The Morgan fingerprint density at radius 1 is 1.10 bits per heavy atom. The summed E-state index contributed by atoms with van der Waals surface area (Å²) >= 11 is 6.27. The molecular weight excluding hydrogens is 286 g/mol. The Balaban J connectivity index is 1.89. The molecule has 0 aliphatic carbocycles. The SMILES string of the molecule is OCc1cccc(OCc2c(Cl)ccc3cccnc23)c1. The van der Waals surface area contributed by atoms with Crippen LogP contribution in [0.1, 0.15) is 11.1 Å². The van der Waals surface area contributed by atoms with Crippen molar-refractivity contribution in [2.24, 2.45) is 0 Å². The third kappa shape index (κ3) is 2.99. The highest BCUT2D eigenvalue weighted by molar-refractivity contribution is 6.32. The van der Waals surface area contributed by atoms with E-state index in [0.717, 1.165) is 22.0 Å². The summed E-state index contributed by atoms with van der Waals surface area (Å²) in [5, 5.41) is 10.8. The summed E-state index contributed by atoms with van der Waals surface area (Å²) in [4.78, 5) is 4.38. The molecule has 0 radical (unpaired) electrons. The maximum atomic E-state index is 9.15. The second kappa shape index (κ2) is 6.12. The highest BCUT2D eigenvalue weighted by Crippen LogP contribution is 2.26. The van der Waals surface area contributed by atoms with Gasteiger partial charge in [0.25, 0.3) is 0 Å². The molecule has 0 atom stereocenters. The molecule has 21 heavy (non-hydrogen) atoms. The number of benzene rings is 2. The van der Waals surface area contributed by atoms with Crippen molar-refractivity contribution in [1.82, 2.24) is 4.98 Å². The van der Waals surface area contributed by atoms with E-state index >= 15 is 0 Å².